The Morgan fingerprint density at radius 3 is 1.29 bits per heavy atom. The van der Waals surface area contributed by atoms with Crippen LogP contribution in [-0.2, 0) is 0 Å². The van der Waals surface area contributed by atoms with Crippen LogP contribution in [0.25, 0.3) is 77.3 Å². The molecule has 0 radical (unpaired) electrons. The van der Waals surface area contributed by atoms with Gasteiger partial charge < -0.3 is 18.3 Å². The summed E-state index contributed by atoms with van der Waals surface area (Å²) < 4.78 is 24.2. The zero-order valence-electron chi connectivity index (χ0n) is 21.9. The Morgan fingerprint density at radius 1 is 0.366 bits per heavy atom. The van der Waals surface area contributed by atoms with Gasteiger partial charge in [-0.2, -0.15) is 0 Å². The molecule has 4 nitrogen and oxygen atoms in total. The van der Waals surface area contributed by atoms with Gasteiger partial charge in [-0.3, -0.25) is 0 Å². The third-order valence-corrected chi connectivity index (χ3v) is 8.10. The zero-order chi connectivity index (χ0) is 26.9. The van der Waals surface area contributed by atoms with Crippen LogP contribution in [0.1, 0.15) is 0 Å². The first-order chi connectivity index (χ1) is 20.3. The van der Waals surface area contributed by atoms with Gasteiger partial charge in [-0.1, -0.05) is 60.7 Å². The summed E-state index contributed by atoms with van der Waals surface area (Å²) in [6, 6.07) is 41.8. The molecule has 1 aliphatic rings. The molecule has 0 saturated carbocycles. The zero-order valence-corrected chi connectivity index (χ0v) is 21.9. The molecule has 0 aliphatic carbocycles. The molecule has 0 unspecified atom stereocenters. The molecular formula is C37H22O4. The summed E-state index contributed by atoms with van der Waals surface area (Å²) in [7, 11) is 0. The fourth-order valence-electron chi connectivity index (χ4n) is 6.06. The minimum Gasteiger partial charge on any atom is -0.457 e. The van der Waals surface area contributed by atoms with Gasteiger partial charge in [-0.25, -0.2) is 0 Å². The smallest absolute Gasteiger partial charge is 0.230 e. The molecule has 0 atom stereocenters. The van der Waals surface area contributed by atoms with E-state index in [0.717, 1.165) is 88.8 Å². The van der Waals surface area contributed by atoms with Gasteiger partial charge in [0.05, 0.1) is 0 Å². The van der Waals surface area contributed by atoms with Crippen molar-refractivity contribution in [3.8, 4) is 44.9 Å². The van der Waals surface area contributed by atoms with E-state index in [-0.39, 0.29) is 6.79 Å². The van der Waals surface area contributed by atoms with Crippen LogP contribution < -0.4 is 9.47 Å². The van der Waals surface area contributed by atoms with Gasteiger partial charge in [-0.05, 0) is 82.9 Å². The van der Waals surface area contributed by atoms with Gasteiger partial charge in [0.2, 0.25) is 6.79 Å². The number of hydrogen-bond donors (Lipinski definition) is 0. The molecule has 0 bridgehead atoms. The van der Waals surface area contributed by atoms with Gasteiger partial charge in [0.1, 0.15) is 33.8 Å². The van der Waals surface area contributed by atoms with E-state index in [0.29, 0.717) is 0 Å². The van der Waals surface area contributed by atoms with E-state index >= 15 is 0 Å². The average Bonchev–Trinajstić information content (AvgIpc) is 3.52. The molecule has 4 heteroatoms. The summed E-state index contributed by atoms with van der Waals surface area (Å²) in [5.74, 6) is 1.60. The van der Waals surface area contributed by atoms with Crippen LogP contribution in [0.3, 0.4) is 0 Å². The Balaban J connectivity index is 1.18. The largest absolute Gasteiger partial charge is 0.457 e. The van der Waals surface area contributed by atoms with Crippen LogP contribution in [0.5, 0.6) is 11.5 Å². The minimum atomic E-state index is 0.165. The molecule has 1 aliphatic heterocycles. The summed E-state index contributed by atoms with van der Waals surface area (Å²) in [5, 5.41) is 4.45. The molecule has 0 N–H and O–H groups in total. The first-order valence-corrected chi connectivity index (χ1v) is 13.7. The highest BCUT2D eigenvalue weighted by Gasteiger charge is 2.19. The fourth-order valence-corrected chi connectivity index (χ4v) is 6.06. The first kappa shape index (κ1) is 22.3. The summed E-state index contributed by atoms with van der Waals surface area (Å²) >= 11 is 0. The standard InChI is InChI=1S/C37H22O4/c1-3-7-34-26(5-1)28-17-24(11-15-36(28)40-34)22-9-13-32-30(19-22)31-20-23(10-14-33(31)39-21-38-32)25-12-16-37-29(18-25)27-6-2-4-8-35(27)41-37/h1-20H,21H2. The van der Waals surface area contributed by atoms with E-state index in [9.17, 15) is 0 Å². The lowest BCUT2D eigenvalue weighted by Crippen LogP contribution is -2.03. The molecular weight excluding hydrogens is 508 g/mol. The number of fused-ring (bicyclic) bond motifs is 9. The van der Waals surface area contributed by atoms with E-state index in [1.54, 1.807) is 0 Å². The summed E-state index contributed by atoms with van der Waals surface area (Å²) in [6.45, 7) is 0.165. The monoisotopic (exact) mass is 530 g/mol. The predicted octanol–water partition coefficient (Wildman–Crippen LogP) is 10.2. The van der Waals surface area contributed by atoms with Crippen molar-refractivity contribution in [3.63, 3.8) is 0 Å². The summed E-state index contributed by atoms with van der Waals surface area (Å²) in [5.41, 5.74) is 10.0. The Kier molecular flexibility index (Phi) is 4.64. The molecule has 41 heavy (non-hydrogen) atoms. The average molecular weight is 531 g/mol. The van der Waals surface area contributed by atoms with Gasteiger partial charge in [0.25, 0.3) is 0 Å². The predicted molar refractivity (Wildman–Crippen MR) is 163 cm³/mol. The van der Waals surface area contributed by atoms with Crippen LogP contribution in [0, 0.1) is 0 Å². The number of rotatable bonds is 2. The molecule has 0 spiro atoms. The van der Waals surface area contributed by atoms with Crippen molar-refractivity contribution >= 4 is 43.9 Å². The number of hydrogen-bond acceptors (Lipinski definition) is 4. The number of furan rings is 2. The highest BCUT2D eigenvalue weighted by atomic mass is 16.7. The molecule has 8 aromatic rings. The second kappa shape index (κ2) is 8.51. The van der Waals surface area contributed by atoms with Crippen LogP contribution in [-0.4, -0.2) is 6.79 Å². The van der Waals surface area contributed by atoms with Crippen molar-refractivity contribution in [2.24, 2.45) is 0 Å². The molecule has 194 valence electrons. The number of ether oxygens (including phenoxy) is 2. The summed E-state index contributed by atoms with van der Waals surface area (Å²) in [4.78, 5) is 0. The van der Waals surface area contributed by atoms with Crippen molar-refractivity contribution in [1.29, 1.82) is 0 Å². The van der Waals surface area contributed by atoms with Crippen molar-refractivity contribution in [1.82, 2.24) is 0 Å². The van der Waals surface area contributed by atoms with Crippen LogP contribution >= 0.6 is 0 Å². The van der Waals surface area contributed by atoms with Crippen LogP contribution in [0.4, 0.5) is 0 Å². The highest BCUT2D eigenvalue weighted by molar-refractivity contribution is 6.07. The van der Waals surface area contributed by atoms with Crippen LogP contribution in [0.2, 0.25) is 0 Å². The molecule has 0 amide bonds. The van der Waals surface area contributed by atoms with E-state index in [1.807, 2.05) is 48.5 Å². The van der Waals surface area contributed by atoms with E-state index in [1.165, 1.54) is 0 Å². The second-order valence-corrected chi connectivity index (χ2v) is 10.4. The van der Waals surface area contributed by atoms with Crippen molar-refractivity contribution in [2.75, 3.05) is 6.79 Å². The molecule has 9 rings (SSSR count). The van der Waals surface area contributed by atoms with E-state index in [2.05, 4.69) is 72.8 Å². The lowest BCUT2D eigenvalue weighted by atomic mass is 9.94. The van der Waals surface area contributed by atoms with E-state index in [4.69, 9.17) is 18.3 Å². The maximum absolute atomic E-state index is 6.05. The SMILES string of the molecule is c1ccc2c(c1)oc1ccc(-c3ccc4c(c3)-c3cc(-c5ccc6oc7ccccc7c6c5)ccc3OCO4)cc12. The Labute approximate surface area is 235 Å². The van der Waals surface area contributed by atoms with Crippen molar-refractivity contribution in [2.45, 2.75) is 0 Å². The van der Waals surface area contributed by atoms with Gasteiger partial charge >= 0.3 is 0 Å². The Morgan fingerprint density at radius 2 is 0.780 bits per heavy atom. The molecule has 6 aromatic carbocycles. The van der Waals surface area contributed by atoms with Gasteiger partial charge in [0.15, 0.2) is 0 Å². The van der Waals surface area contributed by atoms with Gasteiger partial charge in [0, 0.05) is 32.7 Å². The lowest BCUT2D eigenvalue weighted by Gasteiger charge is -2.12. The van der Waals surface area contributed by atoms with Crippen molar-refractivity contribution < 1.29 is 18.3 Å². The third kappa shape index (κ3) is 3.47. The quantitative estimate of drug-likeness (QED) is 0.223. The summed E-state index contributed by atoms with van der Waals surface area (Å²) in [6.07, 6.45) is 0. The Hall–Kier alpha value is -5.48. The fraction of sp³-hybridized carbons (Fsp3) is 0.0270. The third-order valence-electron chi connectivity index (χ3n) is 8.10. The number of benzene rings is 6. The molecule has 0 saturated heterocycles. The topological polar surface area (TPSA) is 44.7 Å². The highest BCUT2D eigenvalue weighted by Crippen LogP contribution is 2.44. The van der Waals surface area contributed by atoms with Crippen molar-refractivity contribution in [3.05, 3.63) is 121 Å². The number of para-hydroxylation sites is 2. The first-order valence-electron chi connectivity index (χ1n) is 13.7. The lowest BCUT2D eigenvalue weighted by molar-refractivity contribution is 0.125. The molecule has 2 aromatic heterocycles. The van der Waals surface area contributed by atoms with Gasteiger partial charge in [-0.15, -0.1) is 0 Å². The van der Waals surface area contributed by atoms with Crippen LogP contribution in [0.15, 0.2) is 130 Å². The molecule has 3 heterocycles. The normalized spacial score (nSPS) is 12.7. The minimum absolute atomic E-state index is 0.165. The molecule has 0 fully saturated rings. The maximum atomic E-state index is 6.05. The van der Waals surface area contributed by atoms with E-state index < -0.39 is 0 Å². The second-order valence-electron chi connectivity index (χ2n) is 10.4. The Bertz CT molecular complexity index is 2140. The maximum Gasteiger partial charge on any atom is 0.230 e.